The minimum absolute atomic E-state index is 0.124. The third-order valence-corrected chi connectivity index (χ3v) is 3.69. The van der Waals surface area contributed by atoms with Crippen molar-refractivity contribution in [1.82, 2.24) is 9.80 Å². The molecule has 0 aliphatic carbocycles. The van der Waals surface area contributed by atoms with Crippen LogP contribution in [0.25, 0.3) is 0 Å². The van der Waals surface area contributed by atoms with E-state index in [1.807, 2.05) is 11.9 Å². The first kappa shape index (κ1) is 10.9. The average Bonchev–Trinajstić information content (AvgIpc) is 2.77. The van der Waals surface area contributed by atoms with Crippen molar-refractivity contribution in [3.8, 4) is 0 Å². The normalized spacial score (nSPS) is 32.9. The molecule has 0 aromatic rings. The fourth-order valence-corrected chi connectivity index (χ4v) is 2.71. The van der Waals surface area contributed by atoms with E-state index in [2.05, 4.69) is 4.90 Å². The number of carbonyl (C=O) groups is 1. The van der Waals surface area contributed by atoms with Crippen molar-refractivity contribution in [3.05, 3.63) is 0 Å². The third-order valence-electron chi connectivity index (χ3n) is 3.69. The van der Waals surface area contributed by atoms with Gasteiger partial charge in [-0.05, 0) is 31.7 Å². The van der Waals surface area contributed by atoms with Gasteiger partial charge in [-0.1, -0.05) is 0 Å². The molecule has 15 heavy (non-hydrogen) atoms. The van der Waals surface area contributed by atoms with E-state index in [9.17, 15) is 4.79 Å². The Morgan fingerprint density at radius 1 is 1.40 bits per heavy atom. The highest BCUT2D eigenvalue weighted by atomic mass is 16.3. The zero-order valence-corrected chi connectivity index (χ0v) is 9.35. The number of aliphatic hydroxyl groups excluding tert-OH is 1. The summed E-state index contributed by atoms with van der Waals surface area (Å²) in [6.45, 7) is 3.18. The lowest BCUT2D eigenvalue weighted by molar-refractivity contribution is -0.130. The standard InChI is InChI=1S/C11H20N2O2/c1-12-5-3-10(11(12)15)13-6-2-9(8-13)4-7-14/h9-10,14H,2-8H2,1H3. The first-order valence-corrected chi connectivity index (χ1v) is 5.82. The molecule has 0 bridgehead atoms. The van der Waals surface area contributed by atoms with E-state index in [4.69, 9.17) is 5.11 Å². The Morgan fingerprint density at radius 2 is 2.20 bits per heavy atom. The molecule has 2 unspecified atom stereocenters. The molecule has 2 rings (SSSR count). The summed E-state index contributed by atoms with van der Waals surface area (Å²) in [5, 5.41) is 8.88. The molecule has 2 saturated heterocycles. The summed E-state index contributed by atoms with van der Waals surface area (Å²) < 4.78 is 0. The average molecular weight is 212 g/mol. The second-order valence-electron chi connectivity index (χ2n) is 4.73. The van der Waals surface area contributed by atoms with Gasteiger partial charge in [-0.25, -0.2) is 0 Å². The van der Waals surface area contributed by atoms with Crippen LogP contribution in [0.2, 0.25) is 0 Å². The Kier molecular flexibility index (Phi) is 3.26. The molecule has 0 aromatic heterocycles. The van der Waals surface area contributed by atoms with Crippen molar-refractivity contribution in [3.63, 3.8) is 0 Å². The molecule has 0 aromatic carbocycles. The maximum absolute atomic E-state index is 11.8. The van der Waals surface area contributed by atoms with Crippen molar-refractivity contribution in [2.24, 2.45) is 5.92 Å². The van der Waals surface area contributed by atoms with Gasteiger partial charge in [0.05, 0.1) is 6.04 Å². The second-order valence-corrected chi connectivity index (χ2v) is 4.73. The summed E-state index contributed by atoms with van der Waals surface area (Å²) in [7, 11) is 1.88. The highest BCUT2D eigenvalue weighted by Crippen LogP contribution is 2.25. The molecule has 0 spiro atoms. The molecular weight excluding hydrogens is 192 g/mol. The zero-order chi connectivity index (χ0) is 10.8. The number of hydrogen-bond donors (Lipinski definition) is 1. The van der Waals surface area contributed by atoms with Crippen LogP contribution in [0.1, 0.15) is 19.3 Å². The second kappa shape index (κ2) is 4.49. The predicted molar refractivity (Wildman–Crippen MR) is 57.4 cm³/mol. The molecule has 4 heteroatoms. The predicted octanol–water partition coefficient (Wildman–Crippen LogP) is -0.0786. The minimum atomic E-state index is 0.124. The molecule has 2 aliphatic heterocycles. The fourth-order valence-electron chi connectivity index (χ4n) is 2.71. The lowest BCUT2D eigenvalue weighted by Crippen LogP contribution is -2.39. The number of rotatable bonds is 3. The summed E-state index contributed by atoms with van der Waals surface area (Å²) in [5.74, 6) is 0.869. The van der Waals surface area contributed by atoms with Gasteiger partial charge in [0.25, 0.3) is 0 Å². The minimum Gasteiger partial charge on any atom is -0.396 e. The number of nitrogens with zero attached hydrogens (tertiary/aromatic N) is 2. The molecular formula is C11H20N2O2. The third kappa shape index (κ3) is 2.16. The monoisotopic (exact) mass is 212 g/mol. The van der Waals surface area contributed by atoms with Crippen LogP contribution in [-0.2, 0) is 4.79 Å². The van der Waals surface area contributed by atoms with Crippen molar-refractivity contribution in [2.45, 2.75) is 25.3 Å². The summed E-state index contributed by atoms with van der Waals surface area (Å²) >= 11 is 0. The lowest BCUT2D eigenvalue weighted by Gasteiger charge is -2.22. The molecule has 2 atom stereocenters. The van der Waals surface area contributed by atoms with E-state index in [0.717, 1.165) is 38.9 Å². The van der Waals surface area contributed by atoms with Gasteiger partial charge in [-0.3, -0.25) is 9.69 Å². The van der Waals surface area contributed by atoms with Gasteiger partial charge in [0, 0.05) is 26.7 Å². The van der Waals surface area contributed by atoms with Gasteiger partial charge >= 0.3 is 0 Å². The summed E-state index contributed by atoms with van der Waals surface area (Å²) in [6.07, 6.45) is 2.99. The van der Waals surface area contributed by atoms with Gasteiger partial charge in [0.15, 0.2) is 0 Å². The SMILES string of the molecule is CN1CCC(N2CCC(CCO)C2)C1=O. The van der Waals surface area contributed by atoms with E-state index in [1.54, 1.807) is 0 Å². The number of amides is 1. The highest BCUT2D eigenvalue weighted by molar-refractivity contribution is 5.83. The van der Waals surface area contributed by atoms with Crippen LogP contribution in [0.5, 0.6) is 0 Å². The fraction of sp³-hybridized carbons (Fsp3) is 0.909. The van der Waals surface area contributed by atoms with E-state index >= 15 is 0 Å². The van der Waals surface area contributed by atoms with Crippen molar-refractivity contribution >= 4 is 5.91 Å². The lowest BCUT2D eigenvalue weighted by atomic mass is 10.1. The van der Waals surface area contributed by atoms with E-state index in [0.29, 0.717) is 5.92 Å². The maximum atomic E-state index is 11.8. The summed E-state index contributed by atoms with van der Waals surface area (Å²) in [4.78, 5) is 15.9. The Morgan fingerprint density at radius 3 is 2.80 bits per heavy atom. The van der Waals surface area contributed by atoms with Gasteiger partial charge in [-0.2, -0.15) is 0 Å². The molecule has 2 fully saturated rings. The first-order valence-electron chi connectivity index (χ1n) is 5.82. The van der Waals surface area contributed by atoms with Crippen LogP contribution >= 0.6 is 0 Å². The Balaban J connectivity index is 1.88. The van der Waals surface area contributed by atoms with Crippen LogP contribution in [0, 0.1) is 5.92 Å². The van der Waals surface area contributed by atoms with Crippen molar-refractivity contribution in [2.75, 3.05) is 33.3 Å². The van der Waals surface area contributed by atoms with E-state index in [1.165, 1.54) is 0 Å². The van der Waals surface area contributed by atoms with Crippen LogP contribution in [0.4, 0.5) is 0 Å². The number of likely N-dealkylation sites (tertiary alicyclic amines) is 2. The molecule has 1 amide bonds. The number of aliphatic hydroxyl groups is 1. The van der Waals surface area contributed by atoms with Crippen LogP contribution < -0.4 is 0 Å². The smallest absolute Gasteiger partial charge is 0.239 e. The van der Waals surface area contributed by atoms with Gasteiger partial charge in [-0.15, -0.1) is 0 Å². The Bertz CT molecular complexity index is 245. The number of hydrogen-bond acceptors (Lipinski definition) is 3. The Hall–Kier alpha value is -0.610. The zero-order valence-electron chi connectivity index (χ0n) is 9.35. The summed E-state index contributed by atoms with van der Waals surface area (Å²) in [6, 6.07) is 0.124. The molecule has 2 aliphatic rings. The van der Waals surface area contributed by atoms with Crippen LogP contribution in [-0.4, -0.2) is 60.1 Å². The van der Waals surface area contributed by atoms with E-state index < -0.39 is 0 Å². The van der Waals surface area contributed by atoms with Crippen LogP contribution in [0.3, 0.4) is 0 Å². The number of likely N-dealkylation sites (N-methyl/N-ethyl adjacent to an activating group) is 1. The Labute approximate surface area is 90.9 Å². The maximum Gasteiger partial charge on any atom is 0.239 e. The first-order chi connectivity index (χ1) is 7.22. The van der Waals surface area contributed by atoms with Gasteiger partial charge < -0.3 is 10.0 Å². The van der Waals surface area contributed by atoms with Crippen molar-refractivity contribution < 1.29 is 9.90 Å². The molecule has 86 valence electrons. The molecule has 0 saturated carbocycles. The molecule has 2 heterocycles. The largest absolute Gasteiger partial charge is 0.396 e. The van der Waals surface area contributed by atoms with Gasteiger partial charge in [0.2, 0.25) is 5.91 Å². The van der Waals surface area contributed by atoms with Crippen LogP contribution in [0.15, 0.2) is 0 Å². The summed E-state index contributed by atoms with van der Waals surface area (Å²) in [5.41, 5.74) is 0. The van der Waals surface area contributed by atoms with Gasteiger partial charge in [0.1, 0.15) is 0 Å². The molecule has 1 N–H and O–H groups in total. The molecule has 0 radical (unpaired) electrons. The topological polar surface area (TPSA) is 43.8 Å². The number of carbonyl (C=O) groups excluding carboxylic acids is 1. The quantitative estimate of drug-likeness (QED) is 0.711. The molecule has 4 nitrogen and oxygen atoms in total. The highest BCUT2D eigenvalue weighted by Gasteiger charge is 2.37. The van der Waals surface area contributed by atoms with Crippen molar-refractivity contribution in [1.29, 1.82) is 0 Å². The van der Waals surface area contributed by atoms with E-state index in [-0.39, 0.29) is 18.6 Å².